The number of rotatable bonds is 6. The molecular weight excluding hydrogens is 436 g/mol. The average molecular weight is 455 g/mol. The zero-order valence-corrected chi connectivity index (χ0v) is 17.0. The fourth-order valence-corrected chi connectivity index (χ4v) is 4.63. The molecule has 30 heavy (non-hydrogen) atoms. The zero-order chi connectivity index (χ0) is 22.9. The third-order valence-corrected chi connectivity index (χ3v) is 5.92. The molecule has 2 rings (SSSR count). The summed E-state index contributed by atoms with van der Waals surface area (Å²) in [6, 6.07) is 3.66. The minimum Gasteiger partial charge on any atom is -0.492 e. The Kier molecular flexibility index (Phi) is 6.77. The van der Waals surface area contributed by atoms with Gasteiger partial charge in [-0.15, -0.1) is 0 Å². The lowest BCUT2D eigenvalue weighted by molar-refractivity contribution is -0.157. The summed E-state index contributed by atoms with van der Waals surface area (Å²) in [7, 11) is -4.59. The van der Waals surface area contributed by atoms with Gasteiger partial charge in [0.15, 0.2) is 6.04 Å². The molecule has 0 saturated carbocycles. The number of alkyl halides is 6. The molecule has 0 amide bonds. The van der Waals surface area contributed by atoms with Gasteiger partial charge in [-0.25, -0.2) is 8.42 Å². The zero-order valence-electron chi connectivity index (χ0n) is 16.1. The normalized spacial score (nSPS) is 13.9. The Hall–Kier alpha value is -2.27. The van der Waals surface area contributed by atoms with Crippen LogP contribution in [-0.4, -0.2) is 27.2 Å². The third-order valence-electron chi connectivity index (χ3n) is 4.14. The summed E-state index contributed by atoms with van der Waals surface area (Å²) in [5.74, 6) is -0.471. The first-order valence-electron chi connectivity index (χ1n) is 8.58. The molecule has 11 heteroatoms. The monoisotopic (exact) mass is 455 g/mol. The number of hydrogen-bond donors (Lipinski definition) is 1. The van der Waals surface area contributed by atoms with Crippen LogP contribution in [0.1, 0.15) is 22.3 Å². The van der Waals surface area contributed by atoms with E-state index in [0.29, 0.717) is 6.07 Å². The van der Waals surface area contributed by atoms with E-state index in [1.807, 2.05) is 0 Å². The predicted molar refractivity (Wildman–Crippen MR) is 97.8 cm³/mol. The Labute approximate surface area is 169 Å². The molecule has 1 atom stereocenters. The minimum atomic E-state index is -5.04. The second-order valence-electron chi connectivity index (χ2n) is 6.78. The molecule has 166 valence electrons. The predicted octanol–water partition coefficient (Wildman–Crippen LogP) is 4.92. The first kappa shape index (κ1) is 24.0. The van der Waals surface area contributed by atoms with E-state index in [2.05, 4.69) is 0 Å². The molecule has 0 radical (unpaired) electrons. The second kappa shape index (κ2) is 8.46. The molecule has 4 nitrogen and oxygen atoms in total. The van der Waals surface area contributed by atoms with Gasteiger partial charge in [-0.2, -0.15) is 31.1 Å². The maximum atomic E-state index is 13.4. The summed E-state index contributed by atoms with van der Waals surface area (Å²) in [5, 5.41) is 0. The Balaban J connectivity index is 2.28. The van der Waals surface area contributed by atoms with Gasteiger partial charge < -0.3 is 4.74 Å². The molecule has 0 aliphatic heterocycles. The highest BCUT2D eigenvalue weighted by Gasteiger charge is 2.43. The average Bonchev–Trinajstić information content (AvgIpc) is 2.55. The Morgan fingerprint density at radius 2 is 1.53 bits per heavy atom. The van der Waals surface area contributed by atoms with Gasteiger partial charge in [0.2, 0.25) is 10.0 Å². The molecule has 0 bridgehead atoms. The number of ether oxygens (including phenoxy) is 1. The fourth-order valence-electron chi connectivity index (χ4n) is 2.97. The van der Waals surface area contributed by atoms with Gasteiger partial charge in [-0.3, -0.25) is 0 Å². The van der Waals surface area contributed by atoms with E-state index >= 15 is 0 Å². The molecule has 0 heterocycles. The SMILES string of the molecule is Cc1cc(C)c(S(=O)(=O)NC(COc2cccc(C(F)(F)F)c2)C(F)(F)F)c(C)c1. The van der Waals surface area contributed by atoms with Crippen molar-refractivity contribution in [2.45, 2.75) is 44.1 Å². The molecule has 0 fully saturated rings. The lowest BCUT2D eigenvalue weighted by Gasteiger charge is -2.23. The lowest BCUT2D eigenvalue weighted by Crippen LogP contribution is -2.49. The van der Waals surface area contributed by atoms with Gasteiger partial charge in [0.25, 0.3) is 0 Å². The quantitative estimate of drug-likeness (QED) is 0.630. The molecule has 1 unspecified atom stereocenters. The van der Waals surface area contributed by atoms with E-state index in [-0.39, 0.29) is 16.0 Å². The maximum Gasteiger partial charge on any atom is 0.416 e. The molecule has 0 spiro atoms. The van der Waals surface area contributed by atoms with Gasteiger partial charge in [0, 0.05) is 0 Å². The van der Waals surface area contributed by atoms with E-state index in [0.717, 1.165) is 23.8 Å². The Morgan fingerprint density at radius 3 is 2.03 bits per heavy atom. The first-order valence-corrected chi connectivity index (χ1v) is 10.1. The summed E-state index contributed by atoms with van der Waals surface area (Å²) in [6.45, 7) is 3.38. The van der Waals surface area contributed by atoms with Gasteiger partial charge in [0.1, 0.15) is 12.4 Å². The Bertz CT molecular complexity index is 993. The van der Waals surface area contributed by atoms with Gasteiger partial charge in [0.05, 0.1) is 10.5 Å². The van der Waals surface area contributed by atoms with Crippen LogP contribution in [0.4, 0.5) is 26.3 Å². The number of hydrogen-bond acceptors (Lipinski definition) is 3. The summed E-state index contributed by atoms with van der Waals surface area (Å²) in [4.78, 5) is -0.290. The number of halogens is 6. The summed E-state index contributed by atoms with van der Waals surface area (Å²) < 4.78 is 110. The highest BCUT2D eigenvalue weighted by Crippen LogP contribution is 2.32. The van der Waals surface area contributed by atoms with Crippen molar-refractivity contribution in [3.05, 3.63) is 58.7 Å². The van der Waals surface area contributed by atoms with Crippen LogP contribution in [0.25, 0.3) is 0 Å². The van der Waals surface area contributed by atoms with Crippen LogP contribution in [0.2, 0.25) is 0 Å². The van der Waals surface area contributed by atoms with Crippen LogP contribution >= 0.6 is 0 Å². The third kappa shape index (κ3) is 5.88. The van der Waals surface area contributed by atoms with Crippen LogP contribution in [0.5, 0.6) is 5.75 Å². The van der Waals surface area contributed by atoms with Crippen LogP contribution in [0, 0.1) is 20.8 Å². The maximum absolute atomic E-state index is 13.4. The molecule has 0 aliphatic carbocycles. The smallest absolute Gasteiger partial charge is 0.416 e. The number of aryl methyl sites for hydroxylation is 3. The number of nitrogens with one attached hydrogen (secondary N) is 1. The standard InChI is InChI=1S/C19H19F6NO3S/c1-11-7-12(2)17(13(3)8-11)30(27,28)26-16(19(23,24)25)10-29-15-6-4-5-14(9-15)18(20,21)22/h4-9,16,26H,10H2,1-3H3. The molecule has 1 N–H and O–H groups in total. The van der Waals surface area contributed by atoms with Gasteiger partial charge >= 0.3 is 12.4 Å². The second-order valence-corrected chi connectivity index (χ2v) is 8.43. The van der Waals surface area contributed by atoms with Crippen molar-refractivity contribution in [2.24, 2.45) is 0 Å². The molecule has 0 aromatic heterocycles. The summed E-state index contributed by atoms with van der Waals surface area (Å²) in [5.41, 5.74) is 0.165. The molecule has 0 saturated heterocycles. The van der Waals surface area contributed by atoms with Crippen LogP contribution in [0.15, 0.2) is 41.3 Å². The van der Waals surface area contributed by atoms with Gasteiger partial charge in [-0.1, -0.05) is 23.8 Å². The summed E-state index contributed by atoms with van der Waals surface area (Å²) in [6.07, 6.45) is -9.74. The van der Waals surface area contributed by atoms with Crippen LogP contribution < -0.4 is 9.46 Å². The topological polar surface area (TPSA) is 55.4 Å². The van der Waals surface area contributed by atoms with E-state index < -0.39 is 46.3 Å². The number of sulfonamides is 1. The summed E-state index contributed by atoms with van der Waals surface area (Å²) >= 11 is 0. The van der Waals surface area contributed by atoms with Crippen molar-refractivity contribution in [3.8, 4) is 5.75 Å². The van der Waals surface area contributed by atoms with Crippen molar-refractivity contribution in [3.63, 3.8) is 0 Å². The first-order chi connectivity index (χ1) is 13.6. The van der Waals surface area contributed by atoms with E-state index in [1.54, 1.807) is 11.6 Å². The molecular formula is C19H19F6NO3S. The van der Waals surface area contributed by atoms with Crippen molar-refractivity contribution in [1.29, 1.82) is 0 Å². The molecule has 2 aromatic carbocycles. The van der Waals surface area contributed by atoms with Crippen molar-refractivity contribution < 1.29 is 39.5 Å². The van der Waals surface area contributed by atoms with Crippen LogP contribution in [0.3, 0.4) is 0 Å². The highest BCUT2D eigenvalue weighted by molar-refractivity contribution is 7.89. The molecule has 0 aliphatic rings. The van der Waals surface area contributed by atoms with E-state index in [9.17, 15) is 34.8 Å². The lowest BCUT2D eigenvalue weighted by atomic mass is 10.1. The van der Waals surface area contributed by atoms with Gasteiger partial charge in [-0.05, 0) is 50.1 Å². The van der Waals surface area contributed by atoms with Crippen LogP contribution in [-0.2, 0) is 16.2 Å². The van der Waals surface area contributed by atoms with E-state index in [1.165, 1.54) is 26.0 Å². The fraction of sp³-hybridized carbons (Fsp3) is 0.368. The van der Waals surface area contributed by atoms with Crippen molar-refractivity contribution >= 4 is 10.0 Å². The Morgan fingerprint density at radius 1 is 0.967 bits per heavy atom. The number of benzene rings is 2. The molecule has 2 aromatic rings. The van der Waals surface area contributed by atoms with Crippen molar-refractivity contribution in [2.75, 3.05) is 6.61 Å². The largest absolute Gasteiger partial charge is 0.492 e. The highest BCUT2D eigenvalue weighted by atomic mass is 32.2. The van der Waals surface area contributed by atoms with Crippen molar-refractivity contribution in [1.82, 2.24) is 4.72 Å². The minimum absolute atomic E-state index is 0.264. The van der Waals surface area contributed by atoms with E-state index in [4.69, 9.17) is 4.74 Å².